The summed E-state index contributed by atoms with van der Waals surface area (Å²) in [6.45, 7) is 7.74. The van der Waals surface area contributed by atoms with Gasteiger partial charge in [-0.3, -0.25) is 4.79 Å². The molecule has 1 heterocycles. The maximum atomic E-state index is 12.3. The van der Waals surface area contributed by atoms with E-state index in [0.717, 1.165) is 23.2 Å². The Bertz CT molecular complexity index is 771. The van der Waals surface area contributed by atoms with Crippen LogP contribution < -0.4 is 5.32 Å². The topological polar surface area (TPSA) is 47.6 Å². The van der Waals surface area contributed by atoms with Crippen LogP contribution in [0.4, 0.5) is 5.69 Å². The highest BCUT2D eigenvalue weighted by Crippen LogP contribution is 2.18. The minimum Gasteiger partial charge on any atom is -0.408 e. The van der Waals surface area contributed by atoms with Gasteiger partial charge in [-0.2, -0.15) is 0 Å². The second kappa shape index (κ2) is 8.65. The molecule has 5 heteroatoms. The van der Waals surface area contributed by atoms with Gasteiger partial charge in [0.2, 0.25) is 0 Å². The molecule has 1 atom stereocenters. The summed E-state index contributed by atoms with van der Waals surface area (Å²) in [6.07, 6.45) is 4.54. The van der Waals surface area contributed by atoms with Crippen molar-refractivity contribution in [3.05, 3.63) is 78.4 Å². The molecule has 3 rings (SSSR count). The molecule has 1 aliphatic heterocycles. The van der Waals surface area contributed by atoms with E-state index in [1.54, 1.807) is 6.08 Å². The van der Waals surface area contributed by atoms with E-state index in [1.807, 2.05) is 42.5 Å². The second-order valence-electron chi connectivity index (χ2n) is 6.19. The fourth-order valence-electron chi connectivity index (χ4n) is 2.78. The van der Waals surface area contributed by atoms with Gasteiger partial charge in [0.25, 0.3) is 5.91 Å². The first-order valence-electron chi connectivity index (χ1n) is 8.70. The second-order valence-corrected chi connectivity index (χ2v) is 6.19. The molecule has 1 unspecified atom stereocenters. The number of hydrogen-bond donors (Lipinski definition) is 1. The Labute approximate surface area is 154 Å². The molecule has 1 aliphatic rings. The van der Waals surface area contributed by atoms with Crippen LogP contribution >= 0.6 is 0 Å². The molecule has 0 bridgehead atoms. The smallest absolute Gasteiger partial charge is 0.408 e. The van der Waals surface area contributed by atoms with Crippen molar-refractivity contribution >= 4 is 30.9 Å². The first-order valence-corrected chi connectivity index (χ1v) is 8.70. The largest absolute Gasteiger partial charge is 0.457 e. The molecule has 1 saturated heterocycles. The summed E-state index contributed by atoms with van der Waals surface area (Å²) < 4.78 is 11.4. The third kappa shape index (κ3) is 4.72. The average Bonchev–Trinajstić information content (AvgIpc) is 3.16. The van der Waals surface area contributed by atoms with E-state index < -0.39 is 6.10 Å². The van der Waals surface area contributed by atoms with Crippen molar-refractivity contribution in [1.29, 1.82) is 0 Å². The lowest BCUT2D eigenvalue weighted by atomic mass is 9.82. The predicted molar refractivity (Wildman–Crippen MR) is 107 cm³/mol. The number of hydrogen-bond acceptors (Lipinski definition) is 3. The van der Waals surface area contributed by atoms with Crippen molar-refractivity contribution in [1.82, 2.24) is 0 Å². The molecule has 1 N–H and O–H groups in total. The van der Waals surface area contributed by atoms with Crippen molar-refractivity contribution in [3.8, 4) is 0 Å². The molecule has 4 nitrogen and oxygen atoms in total. The Morgan fingerprint density at radius 3 is 2.31 bits per heavy atom. The van der Waals surface area contributed by atoms with Crippen LogP contribution in [0.25, 0.3) is 12.2 Å². The molecule has 0 radical (unpaired) electrons. The lowest BCUT2D eigenvalue weighted by Crippen LogP contribution is -2.30. The van der Waals surface area contributed by atoms with Gasteiger partial charge in [-0.05, 0) is 41.6 Å². The van der Waals surface area contributed by atoms with Crippen LogP contribution in [0.1, 0.15) is 16.7 Å². The van der Waals surface area contributed by atoms with E-state index in [0.29, 0.717) is 6.32 Å². The number of aryl methyl sites for hydroxylation is 1. The monoisotopic (exact) mass is 347 g/mol. The molecular formula is C21H22BNO3. The van der Waals surface area contributed by atoms with Crippen molar-refractivity contribution in [2.45, 2.75) is 18.8 Å². The summed E-state index contributed by atoms with van der Waals surface area (Å²) in [5, 5.41) is 2.85. The SMILES string of the molecule is C=Cc1ccc(CCB2OCC(C(=O)Nc3ccc(C=C)cc3)O2)cc1. The molecule has 2 aromatic rings. The van der Waals surface area contributed by atoms with Gasteiger partial charge in [-0.25, -0.2) is 0 Å². The molecule has 1 fully saturated rings. The van der Waals surface area contributed by atoms with E-state index in [1.165, 1.54) is 5.56 Å². The van der Waals surface area contributed by atoms with Gasteiger partial charge in [-0.15, -0.1) is 0 Å². The van der Waals surface area contributed by atoms with Gasteiger partial charge in [0.05, 0.1) is 6.61 Å². The standard InChI is InChI=1S/C21H22BNO3/c1-3-16-5-7-18(8-6-16)13-14-22-25-15-20(26-22)21(24)23-19-11-9-17(4-2)10-12-19/h3-12,20H,1-2,13-15H2,(H,23,24). The van der Waals surface area contributed by atoms with Gasteiger partial charge in [0.1, 0.15) is 6.10 Å². The lowest BCUT2D eigenvalue weighted by Gasteiger charge is -2.11. The highest BCUT2D eigenvalue weighted by molar-refractivity contribution is 6.45. The first-order chi connectivity index (χ1) is 12.7. The Hall–Kier alpha value is -2.63. The number of anilines is 1. The normalized spacial score (nSPS) is 16.3. The number of rotatable bonds is 7. The van der Waals surface area contributed by atoms with Crippen LogP contribution in [0.3, 0.4) is 0 Å². The van der Waals surface area contributed by atoms with E-state index in [4.69, 9.17) is 9.31 Å². The van der Waals surface area contributed by atoms with Crippen LogP contribution in [0.2, 0.25) is 6.32 Å². The van der Waals surface area contributed by atoms with E-state index in [9.17, 15) is 4.79 Å². The minimum absolute atomic E-state index is 0.186. The van der Waals surface area contributed by atoms with Gasteiger partial charge in [-0.1, -0.05) is 61.7 Å². The molecule has 0 saturated carbocycles. The first kappa shape index (κ1) is 18.2. The molecule has 0 aliphatic carbocycles. The zero-order valence-electron chi connectivity index (χ0n) is 14.7. The van der Waals surface area contributed by atoms with E-state index >= 15 is 0 Å². The Balaban J connectivity index is 1.46. The molecule has 2 aromatic carbocycles. The highest BCUT2D eigenvalue weighted by atomic mass is 16.6. The summed E-state index contributed by atoms with van der Waals surface area (Å²) in [7, 11) is -0.354. The number of benzene rings is 2. The number of carbonyl (C=O) groups is 1. The summed E-state index contributed by atoms with van der Waals surface area (Å²) in [5.41, 5.74) is 4.04. The Morgan fingerprint density at radius 2 is 1.69 bits per heavy atom. The quantitative estimate of drug-likeness (QED) is 0.769. The Morgan fingerprint density at radius 1 is 1.08 bits per heavy atom. The molecule has 0 spiro atoms. The molecule has 132 valence electrons. The van der Waals surface area contributed by atoms with Crippen LogP contribution in [0.5, 0.6) is 0 Å². The van der Waals surface area contributed by atoms with Gasteiger partial charge in [0, 0.05) is 5.69 Å². The molecule has 1 amide bonds. The number of amides is 1. The minimum atomic E-state index is -0.581. The van der Waals surface area contributed by atoms with Crippen LogP contribution in [-0.2, 0) is 20.5 Å². The third-order valence-electron chi connectivity index (χ3n) is 4.34. The van der Waals surface area contributed by atoms with Crippen LogP contribution in [0, 0.1) is 0 Å². The zero-order valence-corrected chi connectivity index (χ0v) is 14.7. The molecule has 26 heavy (non-hydrogen) atoms. The highest BCUT2D eigenvalue weighted by Gasteiger charge is 2.35. The van der Waals surface area contributed by atoms with Crippen molar-refractivity contribution < 1.29 is 14.1 Å². The van der Waals surface area contributed by atoms with Crippen LogP contribution in [-0.4, -0.2) is 25.7 Å². The predicted octanol–water partition coefficient (Wildman–Crippen LogP) is 4.06. The number of carbonyl (C=O) groups excluding carboxylic acids is 1. The van der Waals surface area contributed by atoms with Crippen molar-refractivity contribution in [3.63, 3.8) is 0 Å². The Kier molecular flexibility index (Phi) is 6.05. The zero-order chi connectivity index (χ0) is 18.4. The van der Waals surface area contributed by atoms with E-state index in [-0.39, 0.29) is 19.6 Å². The third-order valence-corrected chi connectivity index (χ3v) is 4.34. The lowest BCUT2D eigenvalue weighted by molar-refractivity contribution is -0.122. The van der Waals surface area contributed by atoms with Gasteiger partial charge in [0.15, 0.2) is 0 Å². The number of nitrogens with one attached hydrogen (secondary N) is 1. The van der Waals surface area contributed by atoms with Gasteiger partial charge >= 0.3 is 7.12 Å². The van der Waals surface area contributed by atoms with Crippen LogP contribution in [0.15, 0.2) is 61.7 Å². The summed E-state index contributed by atoms with van der Waals surface area (Å²) in [6, 6.07) is 15.7. The average molecular weight is 347 g/mol. The fourth-order valence-corrected chi connectivity index (χ4v) is 2.78. The van der Waals surface area contributed by atoms with Crippen molar-refractivity contribution in [2.24, 2.45) is 0 Å². The summed E-state index contributed by atoms with van der Waals surface area (Å²) >= 11 is 0. The summed E-state index contributed by atoms with van der Waals surface area (Å²) in [5.74, 6) is -0.186. The fraction of sp³-hybridized carbons (Fsp3) is 0.190. The maximum Gasteiger partial charge on any atom is 0.457 e. The molecule has 0 aromatic heterocycles. The van der Waals surface area contributed by atoms with Gasteiger partial charge < -0.3 is 14.6 Å². The van der Waals surface area contributed by atoms with Crippen molar-refractivity contribution in [2.75, 3.05) is 11.9 Å². The van der Waals surface area contributed by atoms with E-state index in [2.05, 4.69) is 30.6 Å². The maximum absolute atomic E-state index is 12.3. The molecular weight excluding hydrogens is 325 g/mol. The summed E-state index contributed by atoms with van der Waals surface area (Å²) in [4.78, 5) is 12.3.